The molecule has 0 aliphatic carbocycles. The monoisotopic (exact) mass is 406 g/mol. The maximum absolute atomic E-state index is 4.91. The fraction of sp³-hybridized carbons (Fsp3) is 0.462. The summed E-state index contributed by atoms with van der Waals surface area (Å²) >= 11 is 0. The number of fused-ring (bicyclic) bond motifs is 1. The molecule has 1 unspecified atom stereocenters. The lowest BCUT2D eigenvalue weighted by Gasteiger charge is -2.25. The number of H-pyrrole nitrogens is 1. The van der Waals surface area contributed by atoms with E-state index in [1.54, 1.807) is 7.05 Å². The molecule has 1 heterocycles. The van der Waals surface area contributed by atoms with Crippen molar-refractivity contribution in [2.75, 3.05) is 20.1 Å². The Morgan fingerprint density at radius 3 is 2.63 bits per heavy atom. The van der Waals surface area contributed by atoms with E-state index in [0.29, 0.717) is 0 Å². The van der Waals surface area contributed by atoms with Gasteiger partial charge in [0, 0.05) is 49.4 Å². The number of hydrogen-bond donors (Lipinski definition) is 1. The molecule has 0 aliphatic heterocycles. The van der Waals surface area contributed by atoms with Crippen molar-refractivity contribution in [3.63, 3.8) is 0 Å². The summed E-state index contributed by atoms with van der Waals surface area (Å²) in [5.74, 6) is 1.56. The Balaban J connectivity index is 2.33. The van der Waals surface area contributed by atoms with E-state index >= 15 is 0 Å². The standard InChI is InChI=1S/C26H38N4/c1-8-15-30(16-13-19(3)9-2)22(6)29-21(5)25(18-27-7)20(4)24-11-10-23-12-14-28-26(23)17-24/h10-12,14,17-19,28H,6,8-9,13,15-16H2,1-5,7H3/b25-20+,27-18?,29-21-. The Hall–Kier alpha value is -2.62. The van der Waals surface area contributed by atoms with Crippen LogP contribution >= 0.6 is 0 Å². The van der Waals surface area contributed by atoms with Gasteiger partial charge in [-0.3, -0.25) is 4.99 Å². The third-order valence-electron chi connectivity index (χ3n) is 5.78. The molecule has 1 atom stereocenters. The van der Waals surface area contributed by atoms with Gasteiger partial charge >= 0.3 is 0 Å². The van der Waals surface area contributed by atoms with E-state index in [9.17, 15) is 0 Å². The largest absolute Gasteiger partial charge is 0.361 e. The molecule has 2 rings (SSSR count). The van der Waals surface area contributed by atoms with E-state index in [-0.39, 0.29) is 0 Å². The van der Waals surface area contributed by atoms with Gasteiger partial charge in [-0.2, -0.15) is 0 Å². The molecule has 4 heteroatoms. The third-order valence-corrected chi connectivity index (χ3v) is 5.78. The van der Waals surface area contributed by atoms with Crippen molar-refractivity contribution in [2.24, 2.45) is 15.9 Å². The van der Waals surface area contributed by atoms with E-state index in [4.69, 9.17) is 4.99 Å². The molecule has 0 radical (unpaired) electrons. The Morgan fingerprint density at radius 2 is 1.97 bits per heavy atom. The number of aromatic nitrogens is 1. The van der Waals surface area contributed by atoms with Gasteiger partial charge < -0.3 is 9.88 Å². The van der Waals surface area contributed by atoms with Crippen molar-refractivity contribution in [3.05, 3.63) is 54.0 Å². The molecule has 1 aromatic heterocycles. The maximum atomic E-state index is 4.91. The Bertz CT molecular complexity index is 929. The van der Waals surface area contributed by atoms with Crippen molar-refractivity contribution in [1.82, 2.24) is 9.88 Å². The number of nitrogens with one attached hydrogen (secondary N) is 1. The molecular formula is C26H38N4. The summed E-state index contributed by atoms with van der Waals surface area (Å²) in [4.78, 5) is 14.8. The highest BCUT2D eigenvalue weighted by Crippen LogP contribution is 2.23. The summed E-state index contributed by atoms with van der Waals surface area (Å²) in [5, 5.41) is 1.22. The number of allylic oxidation sites excluding steroid dienone is 2. The highest BCUT2D eigenvalue weighted by atomic mass is 15.2. The van der Waals surface area contributed by atoms with Gasteiger partial charge in [0.25, 0.3) is 0 Å². The molecule has 1 aromatic carbocycles. The number of rotatable bonds is 11. The minimum atomic E-state index is 0.718. The summed E-state index contributed by atoms with van der Waals surface area (Å²) < 4.78 is 0. The lowest BCUT2D eigenvalue weighted by Crippen LogP contribution is -2.25. The van der Waals surface area contributed by atoms with Gasteiger partial charge in [-0.15, -0.1) is 0 Å². The van der Waals surface area contributed by atoms with E-state index in [1.807, 2.05) is 12.4 Å². The molecule has 30 heavy (non-hydrogen) atoms. The van der Waals surface area contributed by atoms with Crippen LogP contribution < -0.4 is 0 Å². The lowest BCUT2D eigenvalue weighted by atomic mass is 9.98. The van der Waals surface area contributed by atoms with Gasteiger partial charge in [0.05, 0.1) is 0 Å². The van der Waals surface area contributed by atoms with Gasteiger partial charge in [-0.1, -0.05) is 45.9 Å². The number of hydrogen-bond acceptors (Lipinski definition) is 3. The zero-order chi connectivity index (χ0) is 22.1. The number of aromatic amines is 1. The predicted molar refractivity (Wildman–Crippen MR) is 133 cm³/mol. The Labute approximate surface area is 182 Å². The molecule has 0 amide bonds. The quantitative estimate of drug-likeness (QED) is 0.413. The molecule has 0 saturated carbocycles. The Morgan fingerprint density at radius 1 is 1.20 bits per heavy atom. The van der Waals surface area contributed by atoms with Crippen LogP contribution in [0.1, 0.15) is 59.4 Å². The summed E-state index contributed by atoms with van der Waals surface area (Å²) in [6.45, 7) is 17.2. The van der Waals surface area contributed by atoms with E-state index in [0.717, 1.165) is 53.6 Å². The van der Waals surface area contributed by atoms with E-state index < -0.39 is 0 Å². The van der Waals surface area contributed by atoms with Crippen LogP contribution in [0.5, 0.6) is 0 Å². The molecule has 0 aliphatic rings. The van der Waals surface area contributed by atoms with Gasteiger partial charge in [-0.05, 0) is 61.3 Å². The van der Waals surface area contributed by atoms with Crippen molar-refractivity contribution in [1.29, 1.82) is 0 Å². The first-order valence-electron chi connectivity index (χ1n) is 11.1. The number of nitrogens with zero attached hydrogens (tertiary/aromatic N) is 3. The normalized spacial score (nSPS) is 14.3. The van der Waals surface area contributed by atoms with Crippen molar-refractivity contribution in [2.45, 2.75) is 53.9 Å². The summed E-state index contributed by atoms with van der Waals surface area (Å²) in [6.07, 6.45) is 7.34. The third kappa shape index (κ3) is 6.19. The lowest BCUT2D eigenvalue weighted by molar-refractivity contribution is 0.310. The second-order valence-corrected chi connectivity index (χ2v) is 8.11. The summed E-state index contributed by atoms with van der Waals surface area (Å²) in [6, 6.07) is 8.58. The van der Waals surface area contributed by atoms with Crippen molar-refractivity contribution < 1.29 is 0 Å². The topological polar surface area (TPSA) is 43.8 Å². The Kier molecular flexibility index (Phi) is 9.10. The van der Waals surface area contributed by atoms with Crippen LogP contribution in [0.3, 0.4) is 0 Å². The second-order valence-electron chi connectivity index (χ2n) is 8.11. The zero-order valence-electron chi connectivity index (χ0n) is 19.6. The fourth-order valence-corrected chi connectivity index (χ4v) is 3.57. The van der Waals surface area contributed by atoms with Crippen LogP contribution in [0.15, 0.2) is 58.4 Å². The van der Waals surface area contributed by atoms with Crippen LogP contribution in [0.25, 0.3) is 16.5 Å². The highest BCUT2D eigenvalue weighted by Gasteiger charge is 2.12. The molecule has 4 nitrogen and oxygen atoms in total. The molecule has 0 spiro atoms. The first kappa shape index (κ1) is 23.7. The molecule has 0 bridgehead atoms. The minimum Gasteiger partial charge on any atom is -0.361 e. The fourth-order valence-electron chi connectivity index (χ4n) is 3.57. The molecule has 0 fully saturated rings. The van der Waals surface area contributed by atoms with E-state index in [1.165, 1.54) is 23.8 Å². The summed E-state index contributed by atoms with van der Waals surface area (Å²) in [7, 11) is 1.80. The van der Waals surface area contributed by atoms with Crippen LogP contribution in [0, 0.1) is 5.92 Å². The smallest absolute Gasteiger partial charge is 0.121 e. The first-order valence-corrected chi connectivity index (χ1v) is 11.1. The molecule has 1 N–H and O–H groups in total. The van der Waals surface area contributed by atoms with Gasteiger partial charge in [-0.25, -0.2) is 4.99 Å². The van der Waals surface area contributed by atoms with Crippen LogP contribution in [0.2, 0.25) is 0 Å². The van der Waals surface area contributed by atoms with E-state index in [2.05, 4.69) is 80.3 Å². The first-order chi connectivity index (χ1) is 14.4. The average molecular weight is 407 g/mol. The van der Waals surface area contributed by atoms with Crippen LogP contribution in [0.4, 0.5) is 0 Å². The number of benzene rings is 1. The molecule has 0 saturated heterocycles. The van der Waals surface area contributed by atoms with Gasteiger partial charge in [0.1, 0.15) is 5.82 Å². The maximum Gasteiger partial charge on any atom is 0.121 e. The SMILES string of the molecule is C=C(/N=C(C)\C(C=NC)=C(/C)c1ccc2cc[nH]c2c1)N(CCC)CCC(C)CC. The highest BCUT2D eigenvalue weighted by molar-refractivity contribution is 6.20. The summed E-state index contributed by atoms with van der Waals surface area (Å²) in [5.41, 5.74) is 5.45. The van der Waals surface area contributed by atoms with Gasteiger partial charge in [0.2, 0.25) is 0 Å². The van der Waals surface area contributed by atoms with Crippen LogP contribution in [-0.2, 0) is 0 Å². The van der Waals surface area contributed by atoms with Crippen molar-refractivity contribution in [3.8, 4) is 0 Å². The van der Waals surface area contributed by atoms with Crippen molar-refractivity contribution >= 4 is 28.4 Å². The number of aliphatic imine (C=N–C) groups is 2. The van der Waals surface area contributed by atoms with Crippen LogP contribution in [-0.4, -0.2) is 41.9 Å². The average Bonchev–Trinajstić information content (AvgIpc) is 3.21. The molecule has 162 valence electrons. The predicted octanol–water partition coefficient (Wildman–Crippen LogP) is 6.72. The molecular weight excluding hydrogens is 368 g/mol. The van der Waals surface area contributed by atoms with Gasteiger partial charge in [0.15, 0.2) is 0 Å². The second kappa shape index (κ2) is 11.5. The molecule has 2 aromatic rings. The zero-order valence-corrected chi connectivity index (χ0v) is 19.6. The minimum absolute atomic E-state index is 0.718.